The van der Waals surface area contributed by atoms with Gasteiger partial charge in [0.2, 0.25) is 5.95 Å². The highest BCUT2D eigenvalue weighted by molar-refractivity contribution is 5.97. The van der Waals surface area contributed by atoms with Crippen molar-refractivity contribution in [1.29, 1.82) is 0 Å². The molecular formula is C20H26N6O2. The molecule has 0 aliphatic heterocycles. The summed E-state index contributed by atoms with van der Waals surface area (Å²) in [4.78, 5) is 25.1. The van der Waals surface area contributed by atoms with E-state index in [0.29, 0.717) is 18.2 Å². The molecule has 2 aromatic rings. The van der Waals surface area contributed by atoms with Gasteiger partial charge in [0, 0.05) is 30.2 Å². The molecule has 1 fully saturated rings. The minimum atomic E-state index is -0.567. The predicted molar refractivity (Wildman–Crippen MR) is 106 cm³/mol. The van der Waals surface area contributed by atoms with Crippen molar-refractivity contribution in [2.45, 2.75) is 63.1 Å². The van der Waals surface area contributed by atoms with Crippen molar-refractivity contribution < 1.29 is 9.90 Å². The number of amides is 1. The number of hydrogen-bond acceptors (Lipinski definition) is 7. The zero-order chi connectivity index (χ0) is 19.5. The Morgan fingerprint density at radius 1 is 1.18 bits per heavy atom. The second-order valence-corrected chi connectivity index (χ2v) is 7.68. The number of nitrogens with zero attached hydrogens (tertiary/aromatic N) is 3. The van der Waals surface area contributed by atoms with E-state index in [2.05, 4.69) is 31.7 Å². The molecule has 0 saturated heterocycles. The molecule has 2 aliphatic rings. The molecule has 3 atom stereocenters. The van der Waals surface area contributed by atoms with Crippen molar-refractivity contribution in [3.63, 3.8) is 0 Å². The van der Waals surface area contributed by atoms with Gasteiger partial charge in [-0.3, -0.25) is 9.78 Å². The fourth-order valence-electron chi connectivity index (χ4n) is 4.10. The third-order valence-corrected chi connectivity index (χ3v) is 5.56. The summed E-state index contributed by atoms with van der Waals surface area (Å²) >= 11 is 0. The lowest BCUT2D eigenvalue weighted by Crippen LogP contribution is -2.32. The number of aliphatic hydroxyl groups is 1. The molecule has 0 unspecified atom stereocenters. The molecule has 2 aliphatic carbocycles. The predicted octanol–water partition coefficient (Wildman–Crippen LogP) is 1.66. The van der Waals surface area contributed by atoms with Crippen LogP contribution in [0.4, 0.5) is 11.8 Å². The fourth-order valence-corrected chi connectivity index (χ4v) is 4.10. The van der Waals surface area contributed by atoms with E-state index in [0.717, 1.165) is 44.2 Å². The van der Waals surface area contributed by atoms with Crippen LogP contribution in [0.15, 0.2) is 24.5 Å². The summed E-state index contributed by atoms with van der Waals surface area (Å²) in [6.45, 7) is 0. The van der Waals surface area contributed by atoms with E-state index in [1.807, 2.05) is 12.3 Å². The summed E-state index contributed by atoms with van der Waals surface area (Å²) < 4.78 is 0. The highest BCUT2D eigenvalue weighted by Gasteiger charge is 2.24. The van der Waals surface area contributed by atoms with Gasteiger partial charge in [-0.25, -0.2) is 4.98 Å². The molecule has 0 aromatic carbocycles. The van der Waals surface area contributed by atoms with E-state index in [9.17, 15) is 9.90 Å². The van der Waals surface area contributed by atoms with Crippen LogP contribution in [0.5, 0.6) is 0 Å². The Hall–Kier alpha value is -2.74. The minimum absolute atomic E-state index is 0.0669. The Kier molecular flexibility index (Phi) is 5.38. The number of aryl methyl sites for hydroxylation is 1. The number of aromatic nitrogens is 3. The lowest BCUT2D eigenvalue weighted by Gasteiger charge is -2.28. The molecule has 148 valence electrons. The lowest BCUT2D eigenvalue weighted by atomic mass is 9.92. The minimum Gasteiger partial charge on any atom is -0.393 e. The number of fused-ring (bicyclic) bond motifs is 1. The molecule has 2 aromatic heterocycles. The number of nitrogens with one attached hydrogen (secondary N) is 2. The van der Waals surface area contributed by atoms with Crippen molar-refractivity contribution in [1.82, 2.24) is 15.0 Å². The zero-order valence-corrected chi connectivity index (χ0v) is 15.8. The van der Waals surface area contributed by atoms with Gasteiger partial charge in [0.05, 0.1) is 11.7 Å². The molecule has 8 heteroatoms. The van der Waals surface area contributed by atoms with E-state index >= 15 is 0 Å². The zero-order valence-electron chi connectivity index (χ0n) is 15.8. The van der Waals surface area contributed by atoms with Gasteiger partial charge in [0.1, 0.15) is 5.82 Å². The summed E-state index contributed by atoms with van der Waals surface area (Å²) in [5.74, 6) is 0.339. The number of carbonyl (C=O) groups is 1. The second kappa shape index (κ2) is 8.10. The summed E-state index contributed by atoms with van der Waals surface area (Å²) in [5, 5.41) is 16.6. The van der Waals surface area contributed by atoms with Crippen LogP contribution in [-0.2, 0) is 12.8 Å². The molecule has 0 bridgehead atoms. The molecule has 5 N–H and O–H groups in total. The van der Waals surface area contributed by atoms with Crippen LogP contribution < -0.4 is 16.4 Å². The van der Waals surface area contributed by atoms with Crippen molar-refractivity contribution in [3.05, 3.63) is 41.3 Å². The number of aliphatic hydroxyl groups excluding tert-OH is 1. The van der Waals surface area contributed by atoms with Gasteiger partial charge in [0.15, 0.2) is 0 Å². The van der Waals surface area contributed by atoms with Gasteiger partial charge in [-0.15, -0.1) is 0 Å². The Labute approximate surface area is 164 Å². The summed E-state index contributed by atoms with van der Waals surface area (Å²) in [5.41, 5.74) is 8.17. The van der Waals surface area contributed by atoms with E-state index in [1.165, 1.54) is 11.8 Å². The normalized spacial score (nSPS) is 24.2. The first kappa shape index (κ1) is 18.6. The first-order valence-corrected chi connectivity index (χ1v) is 9.89. The van der Waals surface area contributed by atoms with Crippen LogP contribution in [0.25, 0.3) is 0 Å². The van der Waals surface area contributed by atoms with Gasteiger partial charge in [-0.05, 0) is 56.6 Å². The Morgan fingerprint density at radius 3 is 2.89 bits per heavy atom. The number of primary amides is 1. The van der Waals surface area contributed by atoms with Crippen molar-refractivity contribution >= 4 is 17.7 Å². The van der Waals surface area contributed by atoms with Gasteiger partial charge in [-0.2, -0.15) is 4.98 Å². The SMILES string of the molecule is NC(=O)c1cnc(N[C@@H]2CCc3ncccc3C2)nc1N[C@@H]1CCC[C@H](O)C1. The third-order valence-electron chi connectivity index (χ3n) is 5.56. The van der Waals surface area contributed by atoms with E-state index in [4.69, 9.17) is 5.73 Å². The van der Waals surface area contributed by atoms with Gasteiger partial charge < -0.3 is 21.5 Å². The van der Waals surface area contributed by atoms with E-state index in [-0.39, 0.29) is 23.8 Å². The van der Waals surface area contributed by atoms with Crippen LogP contribution in [0.3, 0.4) is 0 Å². The number of pyridine rings is 1. The maximum Gasteiger partial charge on any atom is 0.254 e. The highest BCUT2D eigenvalue weighted by atomic mass is 16.3. The quantitative estimate of drug-likeness (QED) is 0.619. The van der Waals surface area contributed by atoms with Crippen molar-refractivity contribution in [2.75, 3.05) is 10.6 Å². The molecule has 1 amide bonds. The molecule has 1 saturated carbocycles. The average Bonchev–Trinajstić information content (AvgIpc) is 2.68. The number of nitrogens with two attached hydrogens (primary N) is 1. The summed E-state index contributed by atoms with van der Waals surface area (Å²) in [6.07, 6.45) is 9.02. The number of rotatable bonds is 5. The second-order valence-electron chi connectivity index (χ2n) is 7.68. The van der Waals surface area contributed by atoms with E-state index < -0.39 is 5.91 Å². The fraction of sp³-hybridized carbons (Fsp3) is 0.500. The molecule has 2 heterocycles. The van der Waals surface area contributed by atoms with E-state index in [1.54, 1.807) is 0 Å². The molecule has 4 rings (SSSR count). The Balaban J connectivity index is 1.49. The molecule has 0 spiro atoms. The first-order valence-electron chi connectivity index (χ1n) is 9.89. The van der Waals surface area contributed by atoms with Crippen LogP contribution in [-0.4, -0.2) is 44.2 Å². The monoisotopic (exact) mass is 382 g/mol. The lowest BCUT2D eigenvalue weighted by molar-refractivity contribution is 0.100. The number of anilines is 2. The highest BCUT2D eigenvalue weighted by Crippen LogP contribution is 2.25. The van der Waals surface area contributed by atoms with Gasteiger partial charge in [-0.1, -0.05) is 6.07 Å². The van der Waals surface area contributed by atoms with Crippen molar-refractivity contribution in [2.24, 2.45) is 5.73 Å². The van der Waals surface area contributed by atoms with Crippen LogP contribution in [0, 0.1) is 0 Å². The summed E-state index contributed by atoms with van der Waals surface area (Å²) in [6, 6.07) is 4.34. The average molecular weight is 382 g/mol. The van der Waals surface area contributed by atoms with Crippen molar-refractivity contribution in [3.8, 4) is 0 Å². The Morgan fingerprint density at radius 2 is 2.07 bits per heavy atom. The largest absolute Gasteiger partial charge is 0.393 e. The molecule has 28 heavy (non-hydrogen) atoms. The molecular weight excluding hydrogens is 356 g/mol. The molecule has 8 nitrogen and oxygen atoms in total. The number of carbonyl (C=O) groups excluding carboxylic acids is 1. The molecule has 0 radical (unpaired) electrons. The third kappa shape index (κ3) is 4.22. The maximum atomic E-state index is 11.8. The van der Waals surface area contributed by atoms with Gasteiger partial charge in [0.25, 0.3) is 5.91 Å². The Bertz CT molecular complexity index is 858. The first-order chi connectivity index (χ1) is 13.6. The van der Waals surface area contributed by atoms with Crippen LogP contribution >= 0.6 is 0 Å². The standard InChI is InChI=1S/C20H26N6O2/c21-18(28)16-11-23-20(26-19(16)24-13-4-1-5-15(27)10-13)25-14-6-7-17-12(9-14)3-2-8-22-17/h2-3,8,11,13-15,27H,1,4-7,9-10H2,(H2,21,28)(H2,23,24,25,26)/t13-,14-,15+/m1/s1. The smallest absolute Gasteiger partial charge is 0.254 e. The topological polar surface area (TPSA) is 126 Å². The van der Waals surface area contributed by atoms with Gasteiger partial charge >= 0.3 is 0 Å². The van der Waals surface area contributed by atoms with Crippen LogP contribution in [0.2, 0.25) is 0 Å². The summed E-state index contributed by atoms with van der Waals surface area (Å²) in [7, 11) is 0. The van der Waals surface area contributed by atoms with Crippen LogP contribution in [0.1, 0.15) is 53.7 Å². The maximum absolute atomic E-state index is 11.8. The number of hydrogen-bond donors (Lipinski definition) is 4.